The van der Waals surface area contributed by atoms with Gasteiger partial charge in [0.25, 0.3) is 0 Å². The van der Waals surface area contributed by atoms with E-state index in [0.717, 1.165) is 25.9 Å². The van der Waals surface area contributed by atoms with E-state index in [4.69, 9.17) is 0 Å². The summed E-state index contributed by atoms with van der Waals surface area (Å²) in [6, 6.07) is 0.395. The number of urea groups is 1. The third-order valence-corrected chi connectivity index (χ3v) is 2.36. The Kier molecular flexibility index (Phi) is 6.37. The second-order valence-electron chi connectivity index (χ2n) is 3.14. The summed E-state index contributed by atoms with van der Waals surface area (Å²) in [4.78, 5) is 13.4. The summed E-state index contributed by atoms with van der Waals surface area (Å²) >= 11 is 0. The van der Waals surface area contributed by atoms with Crippen molar-refractivity contribution in [3.63, 3.8) is 0 Å². The fourth-order valence-electron chi connectivity index (χ4n) is 1.27. The highest BCUT2D eigenvalue weighted by molar-refractivity contribution is 5.74. The van der Waals surface area contributed by atoms with Gasteiger partial charge >= 0.3 is 6.03 Å². The largest absolute Gasteiger partial charge is 0.335 e. The Hall–Kier alpha value is -0.730. The van der Waals surface area contributed by atoms with Gasteiger partial charge in [0.1, 0.15) is 0 Å². The van der Waals surface area contributed by atoms with Crippen molar-refractivity contribution in [1.29, 1.82) is 0 Å². The van der Waals surface area contributed by atoms with E-state index in [1.165, 1.54) is 0 Å². The van der Waals surface area contributed by atoms with Crippen molar-refractivity contribution in [3.8, 4) is 0 Å². The van der Waals surface area contributed by atoms with Gasteiger partial charge in [-0.15, -0.1) is 0 Å². The van der Waals surface area contributed by atoms with Crippen LogP contribution in [0.1, 0.15) is 40.5 Å². The number of rotatable bonds is 5. The Labute approximate surface area is 81.5 Å². The van der Waals surface area contributed by atoms with Gasteiger partial charge in [0.05, 0.1) is 0 Å². The molecule has 0 saturated carbocycles. The van der Waals surface area contributed by atoms with Crippen molar-refractivity contribution in [1.82, 2.24) is 10.2 Å². The lowest BCUT2D eigenvalue weighted by atomic mass is 10.2. The fourth-order valence-corrected chi connectivity index (χ4v) is 1.27. The molecule has 0 fully saturated rings. The lowest BCUT2D eigenvalue weighted by Crippen LogP contribution is -2.44. The molecule has 3 nitrogen and oxygen atoms in total. The molecule has 0 atom stereocenters. The van der Waals surface area contributed by atoms with Crippen LogP contribution in [0.3, 0.4) is 0 Å². The molecule has 0 aliphatic rings. The van der Waals surface area contributed by atoms with E-state index >= 15 is 0 Å². The maximum atomic E-state index is 11.5. The normalized spacial score (nSPS) is 10.2. The number of nitrogens with one attached hydrogen (secondary N) is 1. The smallest absolute Gasteiger partial charge is 0.317 e. The van der Waals surface area contributed by atoms with Gasteiger partial charge < -0.3 is 10.2 Å². The number of hydrogen-bond donors (Lipinski definition) is 1. The molecule has 2 amide bonds. The van der Waals surface area contributed by atoms with Crippen molar-refractivity contribution in [2.45, 2.75) is 46.6 Å². The summed E-state index contributed by atoms with van der Waals surface area (Å²) in [5, 5.41) is 3.01. The molecule has 0 aromatic rings. The topological polar surface area (TPSA) is 32.3 Å². The van der Waals surface area contributed by atoms with Gasteiger partial charge in [-0.3, -0.25) is 0 Å². The number of carbonyl (C=O) groups excluding carboxylic acids is 1. The molecule has 78 valence electrons. The van der Waals surface area contributed by atoms with Gasteiger partial charge in [0.15, 0.2) is 0 Å². The molecule has 1 N–H and O–H groups in total. The van der Waals surface area contributed by atoms with Crippen molar-refractivity contribution in [2.24, 2.45) is 0 Å². The second kappa shape index (κ2) is 6.75. The van der Waals surface area contributed by atoms with Crippen LogP contribution in [0.5, 0.6) is 0 Å². The predicted molar refractivity (Wildman–Crippen MR) is 55.8 cm³/mol. The maximum Gasteiger partial charge on any atom is 0.317 e. The first kappa shape index (κ1) is 12.3. The molecule has 0 bridgehead atoms. The van der Waals surface area contributed by atoms with Gasteiger partial charge in [0.2, 0.25) is 0 Å². The Morgan fingerprint density at radius 1 is 1.15 bits per heavy atom. The minimum absolute atomic E-state index is 0.0682. The monoisotopic (exact) mass is 186 g/mol. The van der Waals surface area contributed by atoms with Gasteiger partial charge in [-0.1, -0.05) is 13.8 Å². The quantitative estimate of drug-likeness (QED) is 0.701. The summed E-state index contributed by atoms with van der Waals surface area (Å²) in [6.07, 6.45) is 2.01. The Morgan fingerprint density at radius 3 is 1.92 bits per heavy atom. The molecule has 0 spiro atoms. The lowest BCUT2D eigenvalue weighted by molar-refractivity contribution is 0.198. The molecule has 0 aromatic heterocycles. The van der Waals surface area contributed by atoms with Crippen LogP contribution in [-0.2, 0) is 0 Å². The highest BCUT2D eigenvalue weighted by atomic mass is 16.2. The highest BCUT2D eigenvalue weighted by Gasteiger charge is 2.12. The van der Waals surface area contributed by atoms with Crippen LogP contribution in [0.25, 0.3) is 0 Å². The SMILES string of the molecule is CCC(CC)NC(=O)N(CC)CC. The zero-order chi connectivity index (χ0) is 10.3. The molecule has 13 heavy (non-hydrogen) atoms. The molecule has 0 saturated heterocycles. The van der Waals surface area contributed by atoms with E-state index < -0.39 is 0 Å². The van der Waals surface area contributed by atoms with E-state index in [9.17, 15) is 4.79 Å². The minimum Gasteiger partial charge on any atom is -0.335 e. The zero-order valence-corrected chi connectivity index (χ0v) is 9.26. The predicted octanol–water partition coefficient (Wildman–Crippen LogP) is 2.23. The third kappa shape index (κ3) is 4.15. The summed E-state index contributed by atoms with van der Waals surface area (Å²) in [5.41, 5.74) is 0. The average Bonchev–Trinajstić information content (AvgIpc) is 2.16. The molecule has 0 rings (SSSR count). The van der Waals surface area contributed by atoms with Crippen molar-refractivity contribution >= 4 is 6.03 Å². The highest BCUT2D eigenvalue weighted by Crippen LogP contribution is 1.98. The molecule has 3 heteroatoms. The molecular weight excluding hydrogens is 164 g/mol. The number of nitrogens with zero attached hydrogens (tertiary/aromatic N) is 1. The molecule has 0 unspecified atom stereocenters. The van der Waals surface area contributed by atoms with E-state index in [0.29, 0.717) is 6.04 Å². The van der Waals surface area contributed by atoms with E-state index in [1.54, 1.807) is 4.90 Å². The first-order chi connectivity index (χ1) is 6.19. The third-order valence-electron chi connectivity index (χ3n) is 2.36. The molecule has 0 heterocycles. The van der Waals surface area contributed by atoms with Gasteiger partial charge in [-0.25, -0.2) is 4.79 Å². The number of amides is 2. The van der Waals surface area contributed by atoms with Crippen molar-refractivity contribution in [3.05, 3.63) is 0 Å². The molecule has 0 aliphatic carbocycles. The standard InChI is InChI=1S/C10H22N2O/c1-5-9(6-2)11-10(13)12(7-3)8-4/h9H,5-8H2,1-4H3,(H,11,13). The van der Waals surface area contributed by atoms with Crippen LogP contribution in [-0.4, -0.2) is 30.1 Å². The first-order valence-electron chi connectivity index (χ1n) is 5.24. The number of hydrogen-bond acceptors (Lipinski definition) is 1. The molecular formula is C10H22N2O. The lowest BCUT2D eigenvalue weighted by Gasteiger charge is -2.23. The Morgan fingerprint density at radius 2 is 1.62 bits per heavy atom. The Balaban J connectivity index is 3.95. The molecule has 0 aromatic carbocycles. The minimum atomic E-state index is 0.0682. The maximum absolute atomic E-state index is 11.5. The Bertz CT molecular complexity index is 140. The van der Waals surface area contributed by atoms with E-state index in [-0.39, 0.29) is 6.03 Å². The van der Waals surface area contributed by atoms with Crippen molar-refractivity contribution < 1.29 is 4.79 Å². The van der Waals surface area contributed by atoms with E-state index in [2.05, 4.69) is 19.2 Å². The van der Waals surface area contributed by atoms with Crippen LogP contribution in [0.2, 0.25) is 0 Å². The molecule has 0 radical (unpaired) electrons. The van der Waals surface area contributed by atoms with Gasteiger partial charge in [-0.05, 0) is 26.7 Å². The van der Waals surface area contributed by atoms with Crippen LogP contribution in [0.4, 0.5) is 4.79 Å². The summed E-state index contributed by atoms with van der Waals surface area (Å²) < 4.78 is 0. The number of carbonyl (C=O) groups is 1. The fraction of sp³-hybridized carbons (Fsp3) is 0.900. The van der Waals surface area contributed by atoms with Gasteiger partial charge in [-0.2, -0.15) is 0 Å². The summed E-state index contributed by atoms with van der Waals surface area (Å²) in [5.74, 6) is 0. The van der Waals surface area contributed by atoms with Crippen LogP contribution < -0.4 is 5.32 Å². The van der Waals surface area contributed by atoms with Crippen molar-refractivity contribution in [2.75, 3.05) is 13.1 Å². The average molecular weight is 186 g/mol. The van der Waals surface area contributed by atoms with Gasteiger partial charge in [0, 0.05) is 19.1 Å². The van der Waals surface area contributed by atoms with Crippen LogP contribution in [0.15, 0.2) is 0 Å². The second-order valence-corrected chi connectivity index (χ2v) is 3.14. The first-order valence-corrected chi connectivity index (χ1v) is 5.24. The van der Waals surface area contributed by atoms with Crippen LogP contribution in [0, 0.1) is 0 Å². The molecule has 0 aliphatic heterocycles. The zero-order valence-electron chi connectivity index (χ0n) is 9.26. The summed E-state index contributed by atoms with van der Waals surface area (Å²) in [6.45, 7) is 9.74. The van der Waals surface area contributed by atoms with Crippen LogP contribution >= 0.6 is 0 Å². The van der Waals surface area contributed by atoms with E-state index in [1.807, 2.05) is 13.8 Å². The summed E-state index contributed by atoms with van der Waals surface area (Å²) in [7, 11) is 0.